The molecule has 0 unspecified atom stereocenters. The van der Waals surface area contributed by atoms with E-state index in [1.807, 2.05) is 24.3 Å². The minimum Gasteiger partial charge on any atom is -0.486 e. The third-order valence-electron chi connectivity index (χ3n) is 2.12. The van der Waals surface area contributed by atoms with Crippen LogP contribution in [0.2, 0.25) is 0 Å². The summed E-state index contributed by atoms with van der Waals surface area (Å²) in [6, 6.07) is 7.62. The summed E-state index contributed by atoms with van der Waals surface area (Å²) < 4.78 is 5.18. The van der Waals surface area contributed by atoms with Crippen LogP contribution in [-0.2, 0) is 4.79 Å². The van der Waals surface area contributed by atoms with Crippen LogP contribution in [0.25, 0.3) is 0 Å². The maximum Gasteiger partial charge on any atom is 0.195 e. The lowest BCUT2D eigenvalue weighted by atomic mass is 10.0. The van der Waals surface area contributed by atoms with Crippen molar-refractivity contribution in [3.05, 3.63) is 29.8 Å². The summed E-state index contributed by atoms with van der Waals surface area (Å²) in [4.78, 5) is 10.8. The van der Waals surface area contributed by atoms with Crippen molar-refractivity contribution < 1.29 is 14.6 Å². The van der Waals surface area contributed by atoms with Crippen LogP contribution in [0.15, 0.2) is 24.3 Å². The van der Waals surface area contributed by atoms with E-state index in [-0.39, 0.29) is 12.4 Å². The number of ketones is 1. The molecular weight excluding hydrogens is 192 g/mol. The molecule has 0 saturated heterocycles. The molecule has 1 aromatic carbocycles. The fourth-order valence-corrected chi connectivity index (χ4v) is 1.16. The molecule has 0 bridgehead atoms. The van der Waals surface area contributed by atoms with E-state index < -0.39 is 6.61 Å². The number of aliphatic hydroxyl groups excluding tert-OH is 1. The molecule has 0 amide bonds. The summed E-state index contributed by atoms with van der Waals surface area (Å²) in [6.07, 6.45) is 0. The van der Waals surface area contributed by atoms with E-state index in [9.17, 15) is 4.79 Å². The van der Waals surface area contributed by atoms with Gasteiger partial charge in [0.1, 0.15) is 19.0 Å². The maximum atomic E-state index is 10.8. The van der Waals surface area contributed by atoms with Gasteiger partial charge in [-0.2, -0.15) is 0 Å². The monoisotopic (exact) mass is 208 g/mol. The molecule has 3 heteroatoms. The minimum absolute atomic E-state index is 0.0719. The molecule has 0 aliphatic rings. The zero-order valence-corrected chi connectivity index (χ0v) is 9.06. The second-order valence-corrected chi connectivity index (χ2v) is 3.71. The number of hydrogen-bond acceptors (Lipinski definition) is 3. The zero-order chi connectivity index (χ0) is 11.3. The number of benzene rings is 1. The molecule has 1 aromatic rings. The first-order valence-electron chi connectivity index (χ1n) is 4.99. The molecule has 1 N–H and O–H groups in total. The van der Waals surface area contributed by atoms with Gasteiger partial charge in [0.2, 0.25) is 0 Å². The summed E-state index contributed by atoms with van der Waals surface area (Å²) >= 11 is 0. The molecule has 0 aliphatic carbocycles. The van der Waals surface area contributed by atoms with E-state index in [0.29, 0.717) is 11.7 Å². The van der Waals surface area contributed by atoms with E-state index in [1.165, 1.54) is 5.56 Å². The van der Waals surface area contributed by atoms with Gasteiger partial charge in [-0.15, -0.1) is 0 Å². The second-order valence-electron chi connectivity index (χ2n) is 3.71. The Morgan fingerprint density at radius 3 is 2.40 bits per heavy atom. The molecule has 0 atom stereocenters. The Labute approximate surface area is 89.7 Å². The summed E-state index contributed by atoms with van der Waals surface area (Å²) in [7, 11) is 0. The first-order chi connectivity index (χ1) is 7.13. The smallest absolute Gasteiger partial charge is 0.195 e. The Kier molecular flexibility index (Phi) is 4.31. The van der Waals surface area contributed by atoms with E-state index in [4.69, 9.17) is 9.84 Å². The highest BCUT2D eigenvalue weighted by atomic mass is 16.5. The first-order valence-corrected chi connectivity index (χ1v) is 4.99. The number of hydrogen-bond donors (Lipinski definition) is 1. The highest BCUT2D eigenvalue weighted by Gasteiger charge is 2.02. The number of Topliss-reactive ketones (excluding diaryl/α,β-unsaturated/α-hetero) is 1. The lowest BCUT2D eigenvalue weighted by molar-refractivity contribution is -0.123. The molecule has 0 saturated carbocycles. The first kappa shape index (κ1) is 11.7. The summed E-state index contributed by atoms with van der Waals surface area (Å²) in [5.41, 5.74) is 1.23. The van der Waals surface area contributed by atoms with Crippen molar-refractivity contribution in [2.45, 2.75) is 19.8 Å². The number of rotatable bonds is 5. The molecule has 3 nitrogen and oxygen atoms in total. The predicted octanol–water partition coefficient (Wildman–Crippen LogP) is 1.75. The van der Waals surface area contributed by atoms with E-state index >= 15 is 0 Å². The van der Waals surface area contributed by atoms with E-state index in [0.717, 1.165) is 0 Å². The molecular formula is C12H16O3. The third-order valence-corrected chi connectivity index (χ3v) is 2.12. The molecule has 0 heterocycles. The minimum atomic E-state index is -0.468. The SMILES string of the molecule is CC(C)c1ccc(OCC(=O)CO)cc1. The van der Waals surface area contributed by atoms with Crippen LogP contribution in [0.5, 0.6) is 5.75 Å². The summed E-state index contributed by atoms with van der Waals surface area (Å²) in [6.45, 7) is 3.69. The fraction of sp³-hybridized carbons (Fsp3) is 0.417. The van der Waals surface area contributed by atoms with Crippen molar-refractivity contribution in [3.63, 3.8) is 0 Å². The van der Waals surface area contributed by atoms with Gasteiger partial charge in [0, 0.05) is 0 Å². The average molecular weight is 208 g/mol. The van der Waals surface area contributed by atoms with Crippen LogP contribution in [0, 0.1) is 0 Å². The molecule has 0 spiro atoms. The van der Waals surface area contributed by atoms with Crippen LogP contribution in [0.3, 0.4) is 0 Å². The Balaban J connectivity index is 2.53. The Morgan fingerprint density at radius 2 is 1.93 bits per heavy atom. The van der Waals surface area contributed by atoms with Gasteiger partial charge in [0.05, 0.1) is 0 Å². The Hall–Kier alpha value is -1.35. The molecule has 0 radical (unpaired) electrons. The van der Waals surface area contributed by atoms with Gasteiger partial charge < -0.3 is 9.84 Å². The van der Waals surface area contributed by atoms with Crippen molar-refractivity contribution in [1.29, 1.82) is 0 Å². The standard InChI is InChI=1S/C12H16O3/c1-9(2)10-3-5-12(6-4-10)15-8-11(14)7-13/h3-6,9,13H,7-8H2,1-2H3. The lowest BCUT2D eigenvalue weighted by Crippen LogP contribution is -2.14. The largest absolute Gasteiger partial charge is 0.486 e. The van der Waals surface area contributed by atoms with E-state index in [2.05, 4.69) is 13.8 Å². The lowest BCUT2D eigenvalue weighted by Gasteiger charge is -2.07. The van der Waals surface area contributed by atoms with Gasteiger partial charge >= 0.3 is 0 Å². The molecule has 0 aliphatic heterocycles. The summed E-state index contributed by atoms with van der Waals surface area (Å²) in [5, 5.41) is 8.50. The Bertz CT molecular complexity index is 314. The van der Waals surface area contributed by atoms with Crippen LogP contribution < -0.4 is 4.74 Å². The number of carbonyl (C=O) groups excluding carboxylic acids is 1. The normalized spacial score (nSPS) is 10.4. The van der Waals surface area contributed by atoms with Gasteiger partial charge in [-0.3, -0.25) is 4.79 Å². The van der Waals surface area contributed by atoms with Crippen LogP contribution in [0.1, 0.15) is 25.3 Å². The van der Waals surface area contributed by atoms with Crippen molar-refractivity contribution in [2.24, 2.45) is 0 Å². The van der Waals surface area contributed by atoms with Crippen molar-refractivity contribution in [2.75, 3.05) is 13.2 Å². The van der Waals surface area contributed by atoms with E-state index in [1.54, 1.807) is 0 Å². The van der Waals surface area contributed by atoms with Gasteiger partial charge in [0.25, 0.3) is 0 Å². The van der Waals surface area contributed by atoms with Crippen molar-refractivity contribution >= 4 is 5.78 Å². The van der Waals surface area contributed by atoms with Gasteiger partial charge in [-0.05, 0) is 23.6 Å². The van der Waals surface area contributed by atoms with Crippen LogP contribution in [0.4, 0.5) is 0 Å². The molecule has 82 valence electrons. The van der Waals surface area contributed by atoms with Crippen LogP contribution >= 0.6 is 0 Å². The molecule has 0 fully saturated rings. The Morgan fingerprint density at radius 1 is 1.33 bits per heavy atom. The van der Waals surface area contributed by atoms with Crippen molar-refractivity contribution in [1.82, 2.24) is 0 Å². The van der Waals surface area contributed by atoms with Gasteiger partial charge in [-0.25, -0.2) is 0 Å². The average Bonchev–Trinajstić information content (AvgIpc) is 2.26. The molecule has 0 aromatic heterocycles. The quantitative estimate of drug-likeness (QED) is 0.801. The third kappa shape index (κ3) is 3.72. The predicted molar refractivity (Wildman–Crippen MR) is 58.1 cm³/mol. The number of aliphatic hydroxyl groups is 1. The second kappa shape index (κ2) is 5.51. The molecule has 1 rings (SSSR count). The highest BCUT2D eigenvalue weighted by Crippen LogP contribution is 2.18. The number of ether oxygens (including phenoxy) is 1. The fourth-order valence-electron chi connectivity index (χ4n) is 1.16. The van der Waals surface area contributed by atoms with Crippen molar-refractivity contribution in [3.8, 4) is 5.75 Å². The summed E-state index contributed by atoms with van der Waals surface area (Å²) in [5.74, 6) is 0.822. The number of carbonyl (C=O) groups is 1. The topological polar surface area (TPSA) is 46.5 Å². The van der Waals surface area contributed by atoms with Crippen LogP contribution in [-0.4, -0.2) is 24.1 Å². The van der Waals surface area contributed by atoms with Gasteiger partial charge in [0.15, 0.2) is 5.78 Å². The maximum absolute atomic E-state index is 10.8. The highest BCUT2D eigenvalue weighted by molar-refractivity contribution is 5.80. The van der Waals surface area contributed by atoms with Gasteiger partial charge in [-0.1, -0.05) is 26.0 Å². The zero-order valence-electron chi connectivity index (χ0n) is 9.06. The molecule has 15 heavy (non-hydrogen) atoms.